The van der Waals surface area contributed by atoms with Crippen LogP contribution in [0.1, 0.15) is 24.8 Å². The van der Waals surface area contributed by atoms with Crippen LogP contribution in [0.15, 0.2) is 30.3 Å². The Morgan fingerprint density at radius 3 is 2.52 bits per heavy atom. The third-order valence-corrected chi connectivity index (χ3v) is 6.15. The van der Waals surface area contributed by atoms with Gasteiger partial charge in [0, 0.05) is 13.1 Å². The van der Waals surface area contributed by atoms with Gasteiger partial charge in [-0.25, -0.2) is 12.7 Å². The Labute approximate surface area is 127 Å². The summed E-state index contributed by atoms with van der Waals surface area (Å²) in [7, 11) is -3.04. The predicted octanol–water partition coefficient (Wildman–Crippen LogP) is 2.06. The number of benzene rings is 1. The first-order chi connectivity index (χ1) is 9.97. The Morgan fingerprint density at radius 1 is 1.24 bits per heavy atom. The number of sulfonamides is 1. The van der Waals surface area contributed by atoms with Crippen molar-refractivity contribution in [1.29, 1.82) is 0 Å². The van der Waals surface area contributed by atoms with Gasteiger partial charge in [0.1, 0.15) is 0 Å². The SMILES string of the molecule is CS(=O)(=O)N1CCC2(CC1)CO[C@H](Cc1ccccc1)C2. The number of piperidine rings is 1. The first kappa shape index (κ1) is 15.0. The Kier molecular flexibility index (Phi) is 4.08. The van der Waals surface area contributed by atoms with E-state index in [1.165, 1.54) is 11.8 Å². The Hall–Kier alpha value is -0.910. The van der Waals surface area contributed by atoms with Gasteiger partial charge >= 0.3 is 0 Å². The highest BCUT2D eigenvalue weighted by Crippen LogP contribution is 2.43. The third-order valence-electron chi connectivity index (χ3n) is 4.84. The molecule has 0 radical (unpaired) electrons. The van der Waals surface area contributed by atoms with E-state index >= 15 is 0 Å². The molecule has 21 heavy (non-hydrogen) atoms. The molecule has 1 aromatic carbocycles. The van der Waals surface area contributed by atoms with Gasteiger partial charge in [-0.1, -0.05) is 30.3 Å². The molecule has 5 heteroatoms. The van der Waals surface area contributed by atoms with Gasteiger partial charge in [-0.3, -0.25) is 0 Å². The highest BCUT2D eigenvalue weighted by Gasteiger charge is 2.43. The molecule has 2 heterocycles. The van der Waals surface area contributed by atoms with E-state index in [1.807, 2.05) is 6.07 Å². The lowest BCUT2D eigenvalue weighted by molar-refractivity contribution is 0.0793. The summed E-state index contributed by atoms with van der Waals surface area (Å²) in [4.78, 5) is 0. The number of hydrogen-bond donors (Lipinski definition) is 0. The summed E-state index contributed by atoms with van der Waals surface area (Å²) in [5, 5.41) is 0. The highest BCUT2D eigenvalue weighted by atomic mass is 32.2. The van der Waals surface area contributed by atoms with Gasteiger partial charge in [-0.05, 0) is 36.7 Å². The van der Waals surface area contributed by atoms with E-state index < -0.39 is 10.0 Å². The number of hydrogen-bond acceptors (Lipinski definition) is 3. The van der Waals surface area contributed by atoms with E-state index in [-0.39, 0.29) is 11.5 Å². The maximum absolute atomic E-state index is 11.6. The summed E-state index contributed by atoms with van der Waals surface area (Å²) in [6, 6.07) is 10.4. The zero-order valence-electron chi connectivity index (χ0n) is 12.5. The van der Waals surface area contributed by atoms with Crippen LogP contribution in [0.5, 0.6) is 0 Å². The molecule has 0 N–H and O–H groups in total. The quantitative estimate of drug-likeness (QED) is 0.858. The van der Waals surface area contributed by atoms with Crippen LogP contribution in [0.4, 0.5) is 0 Å². The lowest BCUT2D eigenvalue weighted by atomic mass is 9.76. The van der Waals surface area contributed by atoms with Crippen LogP contribution < -0.4 is 0 Å². The zero-order valence-corrected chi connectivity index (χ0v) is 13.3. The molecule has 2 aliphatic heterocycles. The number of nitrogens with zero attached hydrogens (tertiary/aromatic N) is 1. The maximum atomic E-state index is 11.6. The molecule has 3 rings (SSSR count). The fourth-order valence-electron chi connectivity index (χ4n) is 3.54. The van der Waals surface area contributed by atoms with Gasteiger partial charge in [-0.2, -0.15) is 0 Å². The molecule has 0 amide bonds. The molecule has 0 unspecified atom stereocenters. The lowest BCUT2D eigenvalue weighted by Gasteiger charge is -2.37. The number of rotatable bonds is 3. The average Bonchev–Trinajstić information content (AvgIpc) is 2.82. The first-order valence-electron chi connectivity index (χ1n) is 7.58. The van der Waals surface area contributed by atoms with Crippen molar-refractivity contribution in [3.63, 3.8) is 0 Å². The fourth-order valence-corrected chi connectivity index (χ4v) is 4.39. The standard InChI is InChI=1S/C16H23NO3S/c1-21(18,19)17-9-7-16(8-10-17)12-15(20-13-16)11-14-5-3-2-4-6-14/h2-6,15H,7-13H2,1H3/t15-/m1/s1. The van der Waals surface area contributed by atoms with Crippen molar-refractivity contribution >= 4 is 10.0 Å². The molecule has 1 spiro atoms. The summed E-state index contributed by atoms with van der Waals surface area (Å²) in [6.07, 6.45) is 5.43. The van der Waals surface area contributed by atoms with Crippen LogP contribution in [-0.4, -0.2) is 44.8 Å². The van der Waals surface area contributed by atoms with Gasteiger partial charge in [0.2, 0.25) is 10.0 Å². The summed E-state index contributed by atoms with van der Waals surface area (Å²) >= 11 is 0. The van der Waals surface area contributed by atoms with Crippen LogP contribution in [0.3, 0.4) is 0 Å². The number of ether oxygens (including phenoxy) is 1. The van der Waals surface area contributed by atoms with Crippen molar-refractivity contribution in [2.24, 2.45) is 5.41 Å². The molecular formula is C16H23NO3S. The zero-order chi connectivity index (χ0) is 14.9. The van der Waals surface area contributed by atoms with E-state index in [4.69, 9.17) is 4.74 Å². The van der Waals surface area contributed by atoms with Gasteiger partial charge in [0.25, 0.3) is 0 Å². The molecule has 1 aromatic rings. The molecule has 0 aliphatic carbocycles. The van der Waals surface area contributed by atoms with E-state index in [0.717, 1.165) is 32.3 Å². The van der Waals surface area contributed by atoms with Gasteiger partial charge in [-0.15, -0.1) is 0 Å². The fraction of sp³-hybridized carbons (Fsp3) is 0.625. The summed E-state index contributed by atoms with van der Waals surface area (Å²) in [5.41, 5.74) is 1.51. The van der Waals surface area contributed by atoms with Crippen molar-refractivity contribution in [2.45, 2.75) is 31.8 Å². The minimum absolute atomic E-state index is 0.195. The minimum atomic E-state index is -3.04. The van der Waals surface area contributed by atoms with Crippen LogP contribution in [-0.2, 0) is 21.2 Å². The third kappa shape index (κ3) is 3.47. The topological polar surface area (TPSA) is 46.6 Å². The van der Waals surface area contributed by atoms with Crippen molar-refractivity contribution in [1.82, 2.24) is 4.31 Å². The first-order valence-corrected chi connectivity index (χ1v) is 9.42. The van der Waals surface area contributed by atoms with Crippen LogP contribution in [0.25, 0.3) is 0 Å². The summed E-state index contributed by atoms with van der Waals surface area (Å²) in [5.74, 6) is 0. The van der Waals surface area contributed by atoms with Gasteiger partial charge in [0.05, 0.1) is 19.0 Å². The van der Waals surface area contributed by atoms with Crippen molar-refractivity contribution < 1.29 is 13.2 Å². The van der Waals surface area contributed by atoms with Crippen molar-refractivity contribution in [2.75, 3.05) is 26.0 Å². The van der Waals surface area contributed by atoms with E-state index in [1.54, 1.807) is 4.31 Å². The largest absolute Gasteiger partial charge is 0.377 e. The summed E-state index contributed by atoms with van der Waals surface area (Å²) in [6.45, 7) is 2.06. The molecule has 2 aliphatic rings. The lowest BCUT2D eigenvalue weighted by Crippen LogP contribution is -2.43. The second kappa shape index (κ2) is 5.71. The smallest absolute Gasteiger partial charge is 0.211 e. The molecule has 2 saturated heterocycles. The van der Waals surface area contributed by atoms with E-state index in [2.05, 4.69) is 24.3 Å². The molecule has 116 valence electrons. The van der Waals surface area contributed by atoms with Crippen molar-refractivity contribution in [3.8, 4) is 0 Å². The van der Waals surface area contributed by atoms with Gasteiger partial charge in [0.15, 0.2) is 0 Å². The Balaban J connectivity index is 1.58. The second-order valence-electron chi connectivity index (χ2n) is 6.49. The molecular weight excluding hydrogens is 286 g/mol. The average molecular weight is 309 g/mol. The van der Waals surface area contributed by atoms with Crippen LogP contribution in [0.2, 0.25) is 0 Å². The minimum Gasteiger partial charge on any atom is -0.377 e. The van der Waals surface area contributed by atoms with Crippen LogP contribution >= 0.6 is 0 Å². The van der Waals surface area contributed by atoms with E-state index in [0.29, 0.717) is 13.1 Å². The van der Waals surface area contributed by atoms with Crippen LogP contribution in [0, 0.1) is 5.41 Å². The monoisotopic (exact) mass is 309 g/mol. The molecule has 0 bridgehead atoms. The molecule has 4 nitrogen and oxygen atoms in total. The second-order valence-corrected chi connectivity index (χ2v) is 8.47. The highest BCUT2D eigenvalue weighted by molar-refractivity contribution is 7.88. The molecule has 0 saturated carbocycles. The summed E-state index contributed by atoms with van der Waals surface area (Å²) < 4.78 is 30.8. The molecule has 1 atom stereocenters. The Bertz CT molecular complexity index is 577. The normalized spacial score (nSPS) is 26.2. The predicted molar refractivity (Wildman–Crippen MR) is 82.6 cm³/mol. The van der Waals surface area contributed by atoms with Gasteiger partial charge < -0.3 is 4.74 Å². The maximum Gasteiger partial charge on any atom is 0.211 e. The van der Waals surface area contributed by atoms with E-state index in [9.17, 15) is 8.42 Å². The molecule has 0 aromatic heterocycles. The van der Waals surface area contributed by atoms with Crippen molar-refractivity contribution in [3.05, 3.63) is 35.9 Å². The Morgan fingerprint density at radius 2 is 1.90 bits per heavy atom. The molecule has 2 fully saturated rings.